The molecule has 0 atom stereocenters. The number of ether oxygens (including phenoxy) is 2. The van der Waals surface area contributed by atoms with Gasteiger partial charge in [0.05, 0.1) is 19.9 Å². The summed E-state index contributed by atoms with van der Waals surface area (Å²) < 4.78 is 10.8. The van der Waals surface area contributed by atoms with Crippen LogP contribution in [-0.2, 0) is 6.42 Å². The second kappa shape index (κ2) is 6.43. The number of aryl methyl sites for hydroxylation is 1. The highest BCUT2D eigenvalue weighted by atomic mass is 16.5. The SMILES string of the molecule is CCc1nc(NC)c(C)c(-c2cc(OC)ccc2OC)n1. The van der Waals surface area contributed by atoms with E-state index >= 15 is 0 Å². The van der Waals surface area contributed by atoms with E-state index in [9.17, 15) is 0 Å². The third kappa shape index (κ3) is 2.91. The first-order valence-corrected chi connectivity index (χ1v) is 6.92. The number of aromatic nitrogens is 2. The summed E-state index contributed by atoms with van der Waals surface area (Å²) in [4.78, 5) is 9.17. The van der Waals surface area contributed by atoms with Crippen LogP contribution in [-0.4, -0.2) is 31.2 Å². The van der Waals surface area contributed by atoms with Crippen molar-refractivity contribution in [2.45, 2.75) is 20.3 Å². The molecule has 0 saturated heterocycles. The Kier molecular flexibility index (Phi) is 4.62. The number of benzene rings is 1. The van der Waals surface area contributed by atoms with E-state index in [2.05, 4.69) is 15.3 Å². The summed E-state index contributed by atoms with van der Waals surface area (Å²) in [6.07, 6.45) is 0.772. The van der Waals surface area contributed by atoms with Crippen LogP contribution in [0.5, 0.6) is 11.5 Å². The van der Waals surface area contributed by atoms with Crippen LogP contribution >= 0.6 is 0 Å². The van der Waals surface area contributed by atoms with Crippen molar-refractivity contribution in [3.8, 4) is 22.8 Å². The monoisotopic (exact) mass is 287 g/mol. The van der Waals surface area contributed by atoms with Crippen LogP contribution in [0.3, 0.4) is 0 Å². The van der Waals surface area contributed by atoms with Gasteiger partial charge in [0.2, 0.25) is 0 Å². The molecular weight excluding hydrogens is 266 g/mol. The van der Waals surface area contributed by atoms with Crippen LogP contribution in [0.2, 0.25) is 0 Å². The molecule has 0 fully saturated rings. The number of rotatable bonds is 5. The number of methoxy groups -OCH3 is 2. The Balaban J connectivity index is 2.70. The molecule has 112 valence electrons. The number of hydrogen-bond donors (Lipinski definition) is 1. The molecular formula is C16H21N3O2. The Morgan fingerprint density at radius 1 is 1.14 bits per heavy atom. The maximum atomic E-state index is 5.46. The van der Waals surface area contributed by atoms with Crippen molar-refractivity contribution in [2.75, 3.05) is 26.6 Å². The van der Waals surface area contributed by atoms with Gasteiger partial charge in [-0.2, -0.15) is 0 Å². The molecule has 0 bridgehead atoms. The Labute approximate surface area is 125 Å². The van der Waals surface area contributed by atoms with Crippen LogP contribution in [0.4, 0.5) is 5.82 Å². The molecule has 1 aromatic heterocycles. The Hall–Kier alpha value is -2.30. The number of hydrogen-bond acceptors (Lipinski definition) is 5. The van der Waals surface area contributed by atoms with Gasteiger partial charge >= 0.3 is 0 Å². The number of anilines is 1. The molecule has 0 amide bonds. The molecule has 2 aromatic rings. The van der Waals surface area contributed by atoms with Crippen LogP contribution in [0, 0.1) is 6.92 Å². The van der Waals surface area contributed by atoms with E-state index in [4.69, 9.17) is 9.47 Å². The van der Waals surface area contributed by atoms with E-state index in [0.717, 1.165) is 46.4 Å². The van der Waals surface area contributed by atoms with Gasteiger partial charge in [-0.15, -0.1) is 0 Å². The summed E-state index contributed by atoms with van der Waals surface area (Å²) in [6, 6.07) is 5.70. The second-order valence-corrected chi connectivity index (χ2v) is 4.63. The minimum atomic E-state index is 0.765. The van der Waals surface area contributed by atoms with Crippen LogP contribution in [0.25, 0.3) is 11.3 Å². The van der Waals surface area contributed by atoms with Crippen LogP contribution in [0.1, 0.15) is 18.3 Å². The van der Waals surface area contributed by atoms with Gasteiger partial charge in [0.1, 0.15) is 23.1 Å². The molecule has 0 unspecified atom stereocenters. The summed E-state index contributed by atoms with van der Waals surface area (Å²) in [5.74, 6) is 3.17. The molecule has 1 heterocycles. The van der Waals surface area contributed by atoms with Gasteiger partial charge in [0, 0.05) is 24.6 Å². The maximum Gasteiger partial charge on any atom is 0.133 e. The standard InChI is InChI=1S/C16H21N3O2/c1-6-14-18-15(10(2)16(17-3)19-14)12-9-11(20-4)7-8-13(12)21-5/h7-9H,6H2,1-5H3,(H,17,18,19). The van der Waals surface area contributed by atoms with Gasteiger partial charge in [0.15, 0.2) is 0 Å². The zero-order chi connectivity index (χ0) is 15.4. The predicted molar refractivity (Wildman–Crippen MR) is 84.2 cm³/mol. The summed E-state index contributed by atoms with van der Waals surface area (Å²) in [7, 11) is 5.16. The van der Waals surface area contributed by atoms with Crippen LogP contribution in [0.15, 0.2) is 18.2 Å². The van der Waals surface area contributed by atoms with Crippen molar-refractivity contribution in [3.63, 3.8) is 0 Å². The van der Waals surface area contributed by atoms with Gasteiger partial charge in [-0.25, -0.2) is 9.97 Å². The second-order valence-electron chi connectivity index (χ2n) is 4.63. The third-order valence-corrected chi connectivity index (χ3v) is 3.41. The highest BCUT2D eigenvalue weighted by Crippen LogP contribution is 2.35. The first kappa shape index (κ1) is 15.1. The minimum absolute atomic E-state index is 0.765. The Morgan fingerprint density at radius 2 is 1.90 bits per heavy atom. The molecule has 2 rings (SSSR count). The van der Waals surface area contributed by atoms with Crippen molar-refractivity contribution >= 4 is 5.82 Å². The molecule has 5 heteroatoms. The van der Waals surface area contributed by atoms with E-state index < -0.39 is 0 Å². The highest BCUT2D eigenvalue weighted by Gasteiger charge is 2.16. The average molecular weight is 287 g/mol. The van der Waals surface area contributed by atoms with Crippen molar-refractivity contribution in [2.24, 2.45) is 0 Å². The van der Waals surface area contributed by atoms with Gasteiger partial charge in [-0.05, 0) is 25.1 Å². The largest absolute Gasteiger partial charge is 0.497 e. The quantitative estimate of drug-likeness (QED) is 0.916. The van der Waals surface area contributed by atoms with Gasteiger partial charge in [0.25, 0.3) is 0 Å². The first-order chi connectivity index (χ1) is 10.1. The van der Waals surface area contributed by atoms with Crippen molar-refractivity contribution in [1.82, 2.24) is 9.97 Å². The lowest BCUT2D eigenvalue weighted by molar-refractivity contribution is 0.404. The summed E-state index contributed by atoms with van der Waals surface area (Å²) in [5, 5.41) is 3.12. The third-order valence-electron chi connectivity index (χ3n) is 3.41. The summed E-state index contributed by atoms with van der Waals surface area (Å²) in [6.45, 7) is 4.04. The van der Waals surface area contributed by atoms with E-state index in [-0.39, 0.29) is 0 Å². The molecule has 5 nitrogen and oxygen atoms in total. The van der Waals surface area contributed by atoms with Crippen molar-refractivity contribution in [3.05, 3.63) is 29.6 Å². The fourth-order valence-electron chi connectivity index (χ4n) is 2.23. The van der Waals surface area contributed by atoms with Crippen molar-refractivity contribution < 1.29 is 9.47 Å². The van der Waals surface area contributed by atoms with Gasteiger partial charge in [-0.1, -0.05) is 6.92 Å². The fraction of sp³-hybridized carbons (Fsp3) is 0.375. The van der Waals surface area contributed by atoms with E-state index in [1.165, 1.54) is 0 Å². The van der Waals surface area contributed by atoms with Gasteiger partial charge < -0.3 is 14.8 Å². The maximum absolute atomic E-state index is 5.46. The predicted octanol–water partition coefficient (Wildman–Crippen LogP) is 3.07. The fourth-order valence-corrected chi connectivity index (χ4v) is 2.23. The van der Waals surface area contributed by atoms with Gasteiger partial charge in [-0.3, -0.25) is 0 Å². The molecule has 0 saturated carbocycles. The molecule has 0 aliphatic carbocycles. The zero-order valence-corrected chi connectivity index (χ0v) is 13.2. The number of nitrogens with zero attached hydrogens (tertiary/aromatic N) is 2. The van der Waals surface area contributed by atoms with E-state index in [1.807, 2.05) is 39.1 Å². The average Bonchev–Trinajstić information content (AvgIpc) is 2.54. The minimum Gasteiger partial charge on any atom is -0.497 e. The lowest BCUT2D eigenvalue weighted by atomic mass is 10.1. The van der Waals surface area contributed by atoms with Crippen molar-refractivity contribution in [1.29, 1.82) is 0 Å². The lowest BCUT2D eigenvalue weighted by Crippen LogP contribution is -2.05. The smallest absolute Gasteiger partial charge is 0.133 e. The summed E-state index contributed by atoms with van der Waals surface area (Å²) >= 11 is 0. The highest BCUT2D eigenvalue weighted by molar-refractivity contribution is 5.74. The molecule has 1 N–H and O–H groups in total. The summed E-state index contributed by atoms with van der Waals surface area (Å²) in [5.41, 5.74) is 2.76. The molecule has 1 aromatic carbocycles. The Morgan fingerprint density at radius 3 is 2.48 bits per heavy atom. The molecule has 0 spiro atoms. The first-order valence-electron chi connectivity index (χ1n) is 6.92. The van der Waals surface area contributed by atoms with Crippen LogP contribution < -0.4 is 14.8 Å². The molecule has 0 aliphatic heterocycles. The number of nitrogens with one attached hydrogen (secondary N) is 1. The Bertz CT molecular complexity index is 642. The lowest BCUT2D eigenvalue weighted by Gasteiger charge is -2.15. The topological polar surface area (TPSA) is 56.3 Å². The van der Waals surface area contributed by atoms with E-state index in [1.54, 1.807) is 14.2 Å². The normalized spacial score (nSPS) is 10.3. The molecule has 21 heavy (non-hydrogen) atoms. The zero-order valence-electron chi connectivity index (χ0n) is 13.2. The molecule has 0 aliphatic rings. The molecule has 0 radical (unpaired) electrons. The van der Waals surface area contributed by atoms with E-state index in [0.29, 0.717) is 0 Å².